The van der Waals surface area contributed by atoms with Crippen molar-refractivity contribution in [3.63, 3.8) is 0 Å². The Bertz CT molecular complexity index is 263. The Balaban J connectivity index is 0.000000555. The van der Waals surface area contributed by atoms with E-state index in [0.717, 1.165) is 37.9 Å². The van der Waals surface area contributed by atoms with Crippen LogP contribution in [-0.2, 0) is 9.53 Å². The van der Waals surface area contributed by atoms with Crippen LogP contribution in [-0.4, -0.2) is 37.9 Å². The lowest BCUT2D eigenvalue weighted by atomic mass is 9.94. The van der Waals surface area contributed by atoms with Crippen molar-refractivity contribution in [2.24, 2.45) is 11.8 Å². The molecule has 3 heteroatoms. The first-order chi connectivity index (χ1) is 8.96. The molecule has 3 unspecified atom stereocenters. The zero-order valence-corrected chi connectivity index (χ0v) is 13.3. The molecule has 1 aliphatic rings. The lowest BCUT2D eigenvalue weighted by Gasteiger charge is -2.21. The molecule has 3 nitrogen and oxygen atoms in total. The minimum Gasteiger partial charge on any atom is -0.495 e. The smallest absolute Gasteiger partial charge is 0.120 e. The van der Waals surface area contributed by atoms with Crippen LogP contribution in [0.4, 0.5) is 0 Å². The summed E-state index contributed by atoms with van der Waals surface area (Å²) in [7, 11) is 4.11. The van der Waals surface area contributed by atoms with Crippen molar-refractivity contribution in [2.75, 3.05) is 20.6 Å². The van der Waals surface area contributed by atoms with Gasteiger partial charge in [0.15, 0.2) is 0 Å². The Morgan fingerprint density at radius 2 is 1.95 bits per heavy atom. The summed E-state index contributed by atoms with van der Waals surface area (Å²) in [5.74, 6) is 1.87. The molecule has 0 amide bonds. The van der Waals surface area contributed by atoms with Crippen LogP contribution in [0.15, 0.2) is 12.3 Å². The van der Waals surface area contributed by atoms with Crippen LogP contribution < -0.4 is 0 Å². The standard InChI is InChI=1S/C12H20O2.C4H11N/c1-4-9(2)14-12-6-5-11(7-8-13)10(12)3;1-4-5(2)3/h8,10-12H,2,4-7H2,1,3H3;4H2,1-3H3. The molecule has 112 valence electrons. The third-order valence-electron chi connectivity index (χ3n) is 3.90. The molecule has 0 radical (unpaired) electrons. The first kappa shape index (κ1) is 18.2. The molecule has 0 aliphatic heterocycles. The minimum atomic E-state index is 0.285. The molecular weight excluding hydrogens is 238 g/mol. The molecule has 0 heterocycles. The summed E-state index contributed by atoms with van der Waals surface area (Å²) >= 11 is 0. The third kappa shape index (κ3) is 7.36. The molecule has 0 spiro atoms. The van der Waals surface area contributed by atoms with Gasteiger partial charge in [0.05, 0.1) is 5.76 Å². The number of hydrogen-bond donors (Lipinski definition) is 0. The number of carbonyl (C=O) groups excluding carboxylic acids is 1. The molecule has 0 aromatic carbocycles. The Morgan fingerprint density at radius 1 is 1.37 bits per heavy atom. The predicted molar refractivity (Wildman–Crippen MR) is 81.1 cm³/mol. The first-order valence-electron chi connectivity index (χ1n) is 7.38. The largest absolute Gasteiger partial charge is 0.495 e. The number of nitrogens with zero attached hydrogens (tertiary/aromatic N) is 1. The van der Waals surface area contributed by atoms with Gasteiger partial charge in [-0.3, -0.25) is 0 Å². The van der Waals surface area contributed by atoms with Crippen molar-refractivity contribution in [2.45, 2.75) is 52.6 Å². The zero-order chi connectivity index (χ0) is 14.8. The predicted octanol–water partition coefficient (Wildman–Crippen LogP) is 3.50. The SMILES string of the molecule is C=C(CC)OC1CCC(CC=O)C1C.CCN(C)C. The van der Waals surface area contributed by atoms with E-state index in [-0.39, 0.29) is 6.10 Å². The van der Waals surface area contributed by atoms with Gasteiger partial charge >= 0.3 is 0 Å². The highest BCUT2D eigenvalue weighted by Gasteiger charge is 2.33. The number of hydrogen-bond acceptors (Lipinski definition) is 3. The molecule has 0 aromatic rings. The molecule has 3 atom stereocenters. The number of ether oxygens (including phenoxy) is 1. The van der Waals surface area contributed by atoms with E-state index in [4.69, 9.17) is 4.74 Å². The Labute approximate surface area is 119 Å². The minimum absolute atomic E-state index is 0.285. The van der Waals surface area contributed by atoms with Gasteiger partial charge in [-0.25, -0.2) is 0 Å². The Morgan fingerprint density at radius 3 is 2.37 bits per heavy atom. The first-order valence-corrected chi connectivity index (χ1v) is 7.38. The van der Waals surface area contributed by atoms with Crippen molar-refractivity contribution in [1.29, 1.82) is 0 Å². The molecule has 1 saturated carbocycles. The third-order valence-corrected chi connectivity index (χ3v) is 3.90. The summed E-state index contributed by atoms with van der Waals surface area (Å²) in [6.45, 7) is 11.3. The summed E-state index contributed by atoms with van der Waals surface area (Å²) in [5.41, 5.74) is 0. The number of aldehydes is 1. The second-order valence-electron chi connectivity index (χ2n) is 5.54. The maximum atomic E-state index is 10.4. The van der Waals surface area contributed by atoms with Gasteiger partial charge in [0.2, 0.25) is 0 Å². The van der Waals surface area contributed by atoms with Crippen molar-refractivity contribution in [1.82, 2.24) is 4.90 Å². The number of allylic oxidation sites excluding steroid dienone is 1. The molecule has 1 rings (SSSR count). The highest BCUT2D eigenvalue weighted by atomic mass is 16.5. The van der Waals surface area contributed by atoms with Crippen LogP contribution in [0.1, 0.15) is 46.5 Å². The van der Waals surface area contributed by atoms with Crippen molar-refractivity contribution >= 4 is 6.29 Å². The lowest BCUT2D eigenvalue weighted by molar-refractivity contribution is -0.108. The number of carbonyl (C=O) groups is 1. The Hall–Kier alpha value is -0.830. The van der Waals surface area contributed by atoms with E-state index in [0.29, 0.717) is 18.3 Å². The molecule has 1 fully saturated rings. The van der Waals surface area contributed by atoms with Gasteiger partial charge in [-0.2, -0.15) is 0 Å². The average molecular weight is 269 g/mol. The molecule has 19 heavy (non-hydrogen) atoms. The van der Waals surface area contributed by atoms with E-state index in [1.165, 1.54) is 0 Å². The van der Waals surface area contributed by atoms with Crippen LogP contribution in [0.2, 0.25) is 0 Å². The highest BCUT2D eigenvalue weighted by Crippen LogP contribution is 2.36. The van der Waals surface area contributed by atoms with Gasteiger partial charge in [-0.1, -0.05) is 27.4 Å². The van der Waals surface area contributed by atoms with E-state index in [2.05, 4.69) is 39.4 Å². The summed E-state index contributed by atoms with van der Waals surface area (Å²) in [6, 6.07) is 0. The summed E-state index contributed by atoms with van der Waals surface area (Å²) in [4.78, 5) is 12.6. The van der Waals surface area contributed by atoms with E-state index < -0.39 is 0 Å². The number of rotatable bonds is 6. The summed E-state index contributed by atoms with van der Waals surface area (Å²) in [5, 5.41) is 0. The monoisotopic (exact) mass is 269 g/mol. The van der Waals surface area contributed by atoms with Gasteiger partial charge in [0, 0.05) is 12.8 Å². The molecule has 0 bridgehead atoms. The topological polar surface area (TPSA) is 29.5 Å². The van der Waals surface area contributed by atoms with Crippen molar-refractivity contribution in [3.8, 4) is 0 Å². The van der Waals surface area contributed by atoms with Crippen LogP contribution in [0.25, 0.3) is 0 Å². The highest BCUT2D eigenvalue weighted by molar-refractivity contribution is 5.49. The maximum Gasteiger partial charge on any atom is 0.120 e. The van der Waals surface area contributed by atoms with Crippen LogP contribution in [0, 0.1) is 11.8 Å². The van der Waals surface area contributed by atoms with Gasteiger partial charge in [0.1, 0.15) is 12.4 Å². The van der Waals surface area contributed by atoms with E-state index in [1.54, 1.807) is 0 Å². The molecule has 0 aromatic heterocycles. The van der Waals surface area contributed by atoms with Gasteiger partial charge in [0.25, 0.3) is 0 Å². The van der Waals surface area contributed by atoms with E-state index >= 15 is 0 Å². The molecule has 0 saturated heterocycles. The Kier molecular flexibility index (Phi) is 9.58. The second kappa shape index (κ2) is 10.0. The molecular formula is C16H31NO2. The van der Waals surface area contributed by atoms with Crippen LogP contribution in [0.3, 0.4) is 0 Å². The van der Waals surface area contributed by atoms with E-state index in [1.807, 2.05) is 6.92 Å². The van der Waals surface area contributed by atoms with Gasteiger partial charge < -0.3 is 14.4 Å². The fourth-order valence-electron chi connectivity index (χ4n) is 2.13. The summed E-state index contributed by atoms with van der Waals surface area (Å²) in [6.07, 6.45) is 5.05. The quantitative estimate of drug-likeness (QED) is 0.546. The van der Waals surface area contributed by atoms with Crippen LogP contribution >= 0.6 is 0 Å². The van der Waals surface area contributed by atoms with Gasteiger partial charge in [-0.05, 0) is 45.3 Å². The normalized spacial score (nSPS) is 25.7. The van der Waals surface area contributed by atoms with Gasteiger partial charge in [-0.15, -0.1) is 0 Å². The van der Waals surface area contributed by atoms with E-state index in [9.17, 15) is 4.79 Å². The fourth-order valence-corrected chi connectivity index (χ4v) is 2.13. The second-order valence-corrected chi connectivity index (χ2v) is 5.54. The zero-order valence-electron chi connectivity index (χ0n) is 13.3. The average Bonchev–Trinajstić information content (AvgIpc) is 2.72. The summed E-state index contributed by atoms with van der Waals surface area (Å²) < 4.78 is 5.74. The maximum absolute atomic E-state index is 10.4. The molecule has 0 N–H and O–H groups in total. The van der Waals surface area contributed by atoms with Crippen molar-refractivity contribution < 1.29 is 9.53 Å². The fraction of sp³-hybridized carbons (Fsp3) is 0.812. The molecule has 1 aliphatic carbocycles. The van der Waals surface area contributed by atoms with Crippen molar-refractivity contribution in [3.05, 3.63) is 12.3 Å². The lowest BCUT2D eigenvalue weighted by Crippen LogP contribution is -2.19. The van der Waals surface area contributed by atoms with Crippen LogP contribution in [0.5, 0.6) is 0 Å².